The molecule has 2 amide bonds. The highest BCUT2D eigenvalue weighted by Gasteiger charge is 2.28. The molecular weight excluding hydrogens is 449 g/mol. The predicted molar refractivity (Wildman–Crippen MR) is 135 cm³/mol. The van der Waals surface area contributed by atoms with Gasteiger partial charge in [0.1, 0.15) is 18.2 Å². The van der Waals surface area contributed by atoms with Crippen molar-refractivity contribution in [3.05, 3.63) is 59.4 Å². The van der Waals surface area contributed by atoms with Gasteiger partial charge in [-0.1, -0.05) is 26.0 Å². The minimum Gasteiger partial charge on any atom is -0.491 e. The zero-order valence-corrected chi connectivity index (χ0v) is 21.2. The van der Waals surface area contributed by atoms with E-state index < -0.39 is 11.7 Å². The van der Waals surface area contributed by atoms with Crippen LogP contribution in [0.4, 0.5) is 10.1 Å². The number of hydrogen-bond donors (Lipinski definition) is 1. The van der Waals surface area contributed by atoms with Gasteiger partial charge < -0.3 is 19.7 Å². The average Bonchev–Trinajstić information content (AvgIpc) is 2.84. The summed E-state index contributed by atoms with van der Waals surface area (Å²) in [6, 6.07) is 10.8. The van der Waals surface area contributed by atoms with E-state index in [-0.39, 0.29) is 29.5 Å². The number of carbonyl (C=O) groups is 2. The van der Waals surface area contributed by atoms with Gasteiger partial charge >= 0.3 is 0 Å². The number of carbonyl (C=O) groups excluding carboxylic acids is 2. The highest BCUT2D eigenvalue weighted by Crippen LogP contribution is 2.27. The molecule has 3 atom stereocenters. The van der Waals surface area contributed by atoms with Crippen LogP contribution in [0, 0.1) is 11.7 Å². The van der Waals surface area contributed by atoms with E-state index in [0.29, 0.717) is 30.2 Å². The maximum atomic E-state index is 14.0. The van der Waals surface area contributed by atoms with Crippen LogP contribution in [0.1, 0.15) is 47.9 Å². The van der Waals surface area contributed by atoms with Crippen molar-refractivity contribution in [3.8, 4) is 5.75 Å². The van der Waals surface area contributed by atoms with E-state index >= 15 is 0 Å². The van der Waals surface area contributed by atoms with E-state index in [4.69, 9.17) is 9.47 Å². The molecular formula is C27H36FN3O4. The van der Waals surface area contributed by atoms with Crippen molar-refractivity contribution in [2.45, 2.75) is 39.3 Å². The molecule has 1 heterocycles. The van der Waals surface area contributed by atoms with Gasteiger partial charge in [0, 0.05) is 45.0 Å². The van der Waals surface area contributed by atoms with Crippen molar-refractivity contribution < 1.29 is 23.5 Å². The molecule has 2 aromatic carbocycles. The van der Waals surface area contributed by atoms with Gasteiger partial charge in [-0.25, -0.2) is 4.39 Å². The molecule has 0 aliphatic carbocycles. The number of rotatable bonds is 5. The van der Waals surface area contributed by atoms with E-state index in [1.807, 2.05) is 0 Å². The van der Waals surface area contributed by atoms with Crippen LogP contribution in [0.25, 0.3) is 0 Å². The Morgan fingerprint density at radius 3 is 2.63 bits per heavy atom. The molecule has 0 saturated heterocycles. The lowest BCUT2D eigenvalue weighted by Crippen LogP contribution is -2.46. The van der Waals surface area contributed by atoms with Crippen molar-refractivity contribution in [2.24, 2.45) is 5.92 Å². The fraction of sp³-hybridized carbons (Fsp3) is 0.481. The summed E-state index contributed by atoms with van der Waals surface area (Å²) >= 11 is 0. The minimum atomic E-state index is -0.601. The van der Waals surface area contributed by atoms with Gasteiger partial charge in [-0.3, -0.25) is 14.5 Å². The Labute approximate surface area is 207 Å². The highest BCUT2D eigenvalue weighted by atomic mass is 19.1. The number of likely N-dealkylation sites (N-methyl/N-ethyl adjacent to an activating group) is 1. The van der Waals surface area contributed by atoms with Crippen LogP contribution < -0.4 is 10.1 Å². The smallest absolute Gasteiger partial charge is 0.258 e. The van der Waals surface area contributed by atoms with Crippen LogP contribution in [-0.2, 0) is 4.74 Å². The summed E-state index contributed by atoms with van der Waals surface area (Å²) in [5.41, 5.74) is 0.760. The predicted octanol–water partition coefficient (Wildman–Crippen LogP) is 4.29. The Kier molecular flexibility index (Phi) is 9.23. The standard InChI is InChI=1S/C27H36FN3O4/c1-6-13-31-15-18(2)25(34-5)16-30(4)27(33)22-12-11-20(14-24(22)35-17-19(31)3)29-26(32)21-9-7-8-10-23(21)28/h7-12,14,18-19,25H,6,13,15-17H2,1-5H3,(H,29,32)/t18-,19+,25-/m0/s1. The van der Waals surface area contributed by atoms with Gasteiger partial charge in [-0.15, -0.1) is 0 Å². The maximum absolute atomic E-state index is 14.0. The monoisotopic (exact) mass is 485 g/mol. The van der Waals surface area contributed by atoms with E-state index in [2.05, 4.69) is 31.0 Å². The molecule has 0 radical (unpaired) electrons. The third kappa shape index (κ3) is 6.58. The lowest BCUT2D eigenvalue weighted by molar-refractivity contribution is 0.0108. The number of ether oxygens (including phenoxy) is 2. The van der Waals surface area contributed by atoms with Gasteiger partial charge in [0.05, 0.1) is 17.2 Å². The molecule has 1 aliphatic heterocycles. The number of nitrogens with zero attached hydrogens (tertiary/aromatic N) is 2. The lowest BCUT2D eigenvalue weighted by atomic mass is 10.0. The third-order valence-corrected chi connectivity index (χ3v) is 6.46. The summed E-state index contributed by atoms with van der Waals surface area (Å²) in [6.07, 6.45) is 0.897. The van der Waals surface area contributed by atoms with E-state index in [1.165, 1.54) is 18.2 Å². The lowest BCUT2D eigenvalue weighted by Gasteiger charge is -2.35. The summed E-state index contributed by atoms with van der Waals surface area (Å²) in [5, 5.41) is 2.71. The van der Waals surface area contributed by atoms with Crippen LogP contribution >= 0.6 is 0 Å². The van der Waals surface area contributed by atoms with Gasteiger partial charge in [0.15, 0.2) is 0 Å². The van der Waals surface area contributed by atoms with Crippen LogP contribution in [0.2, 0.25) is 0 Å². The molecule has 1 N–H and O–H groups in total. The Bertz CT molecular complexity index is 1030. The van der Waals surface area contributed by atoms with Crippen molar-refractivity contribution >= 4 is 17.5 Å². The van der Waals surface area contributed by atoms with Crippen molar-refractivity contribution in [2.75, 3.05) is 45.7 Å². The summed E-state index contributed by atoms with van der Waals surface area (Å²) in [6.45, 7) is 8.96. The quantitative estimate of drug-likeness (QED) is 0.684. The largest absolute Gasteiger partial charge is 0.491 e. The Hall–Kier alpha value is -2.97. The topological polar surface area (TPSA) is 71.1 Å². The van der Waals surface area contributed by atoms with Crippen LogP contribution in [0.5, 0.6) is 5.75 Å². The van der Waals surface area contributed by atoms with Gasteiger partial charge in [0.2, 0.25) is 0 Å². The molecule has 7 nitrogen and oxygen atoms in total. The molecule has 8 heteroatoms. The van der Waals surface area contributed by atoms with E-state index in [1.54, 1.807) is 43.3 Å². The number of anilines is 1. The van der Waals surface area contributed by atoms with Gasteiger partial charge in [0.25, 0.3) is 11.8 Å². The van der Waals surface area contributed by atoms with E-state index in [0.717, 1.165) is 19.5 Å². The molecule has 2 aromatic rings. The number of nitrogens with one attached hydrogen (secondary N) is 1. The second-order valence-corrected chi connectivity index (χ2v) is 9.24. The van der Waals surface area contributed by atoms with Crippen LogP contribution in [0.15, 0.2) is 42.5 Å². The number of hydrogen-bond acceptors (Lipinski definition) is 5. The fourth-order valence-electron chi connectivity index (χ4n) is 4.37. The first kappa shape index (κ1) is 26.6. The third-order valence-electron chi connectivity index (χ3n) is 6.46. The molecule has 3 rings (SSSR count). The Morgan fingerprint density at radius 1 is 1.20 bits per heavy atom. The SMILES string of the molecule is CCCN1C[C@H](C)[C@@H](OC)CN(C)C(=O)c2ccc(NC(=O)c3ccccc3F)cc2OC[C@H]1C. The maximum Gasteiger partial charge on any atom is 0.258 e. The number of amides is 2. The number of benzene rings is 2. The first-order chi connectivity index (χ1) is 16.7. The molecule has 1 aliphatic rings. The molecule has 190 valence electrons. The number of halogens is 1. The zero-order valence-electron chi connectivity index (χ0n) is 21.2. The summed E-state index contributed by atoms with van der Waals surface area (Å²) in [7, 11) is 3.43. The first-order valence-electron chi connectivity index (χ1n) is 12.1. The Morgan fingerprint density at radius 2 is 1.94 bits per heavy atom. The van der Waals surface area contributed by atoms with Gasteiger partial charge in [-0.2, -0.15) is 0 Å². The van der Waals surface area contributed by atoms with E-state index in [9.17, 15) is 14.0 Å². The summed E-state index contributed by atoms with van der Waals surface area (Å²) < 4.78 is 26.0. The van der Waals surface area contributed by atoms with Gasteiger partial charge in [-0.05, 0) is 50.1 Å². The second kappa shape index (κ2) is 12.1. The highest BCUT2D eigenvalue weighted by molar-refractivity contribution is 6.05. The molecule has 0 aromatic heterocycles. The summed E-state index contributed by atoms with van der Waals surface area (Å²) in [5.74, 6) is -0.770. The number of fused-ring (bicyclic) bond motifs is 1. The van der Waals surface area contributed by atoms with Crippen molar-refractivity contribution in [1.82, 2.24) is 9.80 Å². The average molecular weight is 486 g/mol. The molecule has 0 saturated carbocycles. The van der Waals surface area contributed by atoms with Crippen LogP contribution in [-0.4, -0.2) is 74.2 Å². The normalized spacial score (nSPS) is 21.9. The molecule has 0 unspecified atom stereocenters. The zero-order chi connectivity index (χ0) is 25.5. The van der Waals surface area contributed by atoms with Crippen molar-refractivity contribution in [3.63, 3.8) is 0 Å². The van der Waals surface area contributed by atoms with Crippen molar-refractivity contribution in [1.29, 1.82) is 0 Å². The first-order valence-corrected chi connectivity index (χ1v) is 12.1. The molecule has 0 bridgehead atoms. The number of methoxy groups -OCH3 is 1. The molecule has 0 spiro atoms. The molecule has 35 heavy (non-hydrogen) atoms. The van der Waals surface area contributed by atoms with Crippen LogP contribution in [0.3, 0.4) is 0 Å². The fourth-order valence-corrected chi connectivity index (χ4v) is 4.37. The summed E-state index contributed by atoms with van der Waals surface area (Å²) in [4.78, 5) is 29.9. The Balaban J connectivity index is 1.92. The second-order valence-electron chi connectivity index (χ2n) is 9.24. The molecule has 0 fully saturated rings. The minimum absolute atomic E-state index is 0.0550.